The quantitative estimate of drug-likeness (QED) is 0.918. The molecular weight excluding hydrogens is 320 g/mol. The van der Waals surface area contributed by atoms with E-state index in [1.54, 1.807) is 13.2 Å². The third kappa shape index (κ3) is 4.17. The normalized spacial score (nSPS) is 20.5. The Balaban J connectivity index is 1.75. The first kappa shape index (κ1) is 17.4. The molecule has 2 amide bonds. The van der Waals surface area contributed by atoms with Crippen LogP contribution in [0, 0.1) is 12.8 Å². The Morgan fingerprint density at radius 1 is 1.44 bits per heavy atom. The topological polar surface area (TPSA) is 80.5 Å². The van der Waals surface area contributed by atoms with Gasteiger partial charge in [0.1, 0.15) is 23.7 Å². The van der Waals surface area contributed by atoms with Crippen LogP contribution >= 0.6 is 0 Å². The summed E-state index contributed by atoms with van der Waals surface area (Å²) < 4.78 is 10.9. The van der Waals surface area contributed by atoms with E-state index in [2.05, 4.69) is 22.2 Å². The number of ether oxygens (including phenoxy) is 1. The first-order chi connectivity index (χ1) is 12.1. The Morgan fingerprint density at radius 2 is 2.28 bits per heavy atom. The lowest BCUT2D eigenvalue weighted by Gasteiger charge is -2.37. The lowest BCUT2D eigenvalue weighted by atomic mass is 9.91. The van der Waals surface area contributed by atoms with Gasteiger partial charge in [-0.15, -0.1) is 0 Å². The second-order valence-electron chi connectivity index (χ2n) is 6.54. The minimum absolute atomic E-state index is 0.0577. The van der Waals surface area contributed by atoms with Crippen LogP contribution in [0.15, 0.2) is 28.9 Å². The van der Waals surface area contributed by atoms with Gasteiger partial charge >= 0.3 is 6.03 Å². The highest BCUT2D eigenvalue weighted by atomic mass is 16.5. The summed E-state index contributed by atoms with van der Waals surface area (Å²) in [5, 5.41) is 2.87. The highest BCUT2D eigenvalue weighted by Gasteiger charge is 2.33. The number of aryl methyl sites for hydroxylation is 1. The first-order valence-electron chi connectivity index (χ1n) is 8.50. The SMILES string of the molecule is COCc1cc(NC(=O)N2CC[C@@H](C)C[C@@H]2c2ccc(C)o2)ncn1. The molecule has 1 aliphatic heterocycles. The second-order valence-corrected chi connectivity index (χ2v) is 6.54. The van der Waals surface area contributed by atoms with Gasteiger partial charge in [0, 0.05) is 19.7 Å². The van der Waals surface area contributed by atoms with Crippen LogP contribution in [0.2, 0.25) is 0 Å². The fraction of sp³-hybridized carbons (Fsp3) is 0.500. The molecule has 3 rings (SSSR count). The summed E-state index contributed by atoms with van der Waals surface area (Å²) in [6.45, 7) is 5.19. The monoisotopic (exact) mass is 344 g/mol. The molecular formula is C18H24N4O3. The zero-order valence-corrected chi connectivity index (χ0v) is 14.9. The van der Waals surface area contributed by atoms with Gasteiger partial charge in [-0.1, -0.05) is 6.92 Å². The average molecular weight is 344 g/mol. The number of nitrogens with zero attached hydrogens (tertiary/aromatic N) is 3. The Kier molecular flexibility index (Phi) is 5.33. The first-order valence-corrected chi connectivity index (χ1v) is 8.50. The molecule has 0 radical (unpaired) electrons. The molecule has 7 heteroatoms. The smallest absolute Gasteiger partial charge is 0.323 e. The fourth-order valence-electron chi connectivity index (χ4n) is 3.16. The summed E-state index contributed by atoms with van der Waals surface area (Å²) in [4.78, 5) is 22.9. The van der Waals surface area contributed by atoms with Crippen molar-refractivity contribution in [3.8, 4) is 0 Å². The minimum atomic E-state index is -0.173. The maximum absolute atomic E-state index is 12.8. The molecule has 7 nitrogen and oxygen atoms in total. The van der Waals surface area contributed by atoms with Crippen molar-refractivity contribution in [3.63, 3.8) is 0 Å². The van der Waals surface area contributed by atoms with Crippen LogP contribution in [0.25, 0.3) is 0 Å². The Labute approximate surface area is 147 Å². The number of amides is 2. The van der Waals surface area contributed by atoms with Gasteiger partial charge in [0.2, 0.25) is 0 Å². The van der Waals surface area contributed by atoms with Crippen molar-refractivity contribution >= 4 is 11.8 Å². The van der Waals surface area contributed by atoms with Crippen LogP contribution in [-0.2, 0) is 11.3 Å². The van der Waals surface area contributed by atoms with E-state index in [0.717, 1.165) is 30.1 Å². The molecule has 25 heavy (non-hydrogen) atoms. The van der Waals surface area contributed by atoms with Crippen LogP contribution in [0.3, 0.4) is 0 Å². The summed E-state index contributed by atoms with van der Waals surface area (Å²) in [5.41, 5.74) is 0.721. The van der Waals surface area contributed by atoms with Crippen molar-refractivity contribution < 1.29 is 13.9 Å². The van der Waals surface area contributed by atoms with Crippen molar-refractivity contribution in [1.29, 1.82) is 0 Å². The van der Waals surface area contributed by atoms with E-state index in [0.29, 0.717) is 24.9 Å². The predicted octanol–water partition coefficient (Wildman–Crippen LogP) is 3.53. The van der Waals surface area contributed by atoms with Crippen LogP contribution < -0.4 is 5.32 Å². The number of likely N-dealkylation sites (tertiary alicyclic amines) is 1. The van der Waals surface area contributed by atoms with E-state index in [1.165, 1.54) is 6.33 Å². The number of carbonyl (C=O) groups is 1. The second kappa shape index (κ2) is 7.65. The lowest BCUT2D eigenvalue weighted by molar-refractivity contribution is 0.128. The lowest BCUT2D eigenvalue weighted by Crippen LogP contribution is -2.43. The zero-order valence-electron chi connectivity index (χ0n) is 14.9. The standard InChI is InChI=1S/C18H24N4O3/c1-12-6-7-22(15(8-12)16-5-4-13(2)25-16)18(23)21-17-9-14(10-24-3)19-11-20-17/h4-5,9,11-12,15H,6-8,10H2,1-3H3,(H,19,20,21,23)/t12-,15-/m1/s1. The van der Waals surface area contributed by atoms with E-state index in [4.69, 9.17) is 9.15 Å². The number of anilines is 1. The van der Waals surface area contributed by atoms with Crippen LogP contribution in [0.1, 0.15) is 43.0 Å². The molecule has 3 heterocycles. The molecule has 1 fully saturated rings. The predicted molar refractivity (Wildman–Crippen MR) is 93.1 cm³/mol. The van der Waals surface area contributed by atoms with Crippen LogP contribution in [0.4, 0.5) is 10.6 Å². The van der Waals surface area contributed by atoms with Gasteiger partial charge < -0.3 is 14.1 Å². The van der Waals surface area contributed by atoms with Crippen molar-refractivity contribution in [2.45, 2.75) is 39.3 Å². The van der Waals surface area contributed by atoms with Gasteiger partial charge in [-0.3, -0.25) is 5.32 Å². The van der Waals surface area contributed by atoms with E-state index in [9.17, 15) is 4.79 Å². The molecule has 0 aromatic carbocycles. The van der Waals surface area contributed by atoms with Gasteiger partial charge in [0.05, 0.1) is 18.3 Å². The molecule has 134 valence electrons. The molecule has 2 aromatic rings. The average Bonchev–Trinajstić information content (AvgIpc) is 3.02. The summed E-state index contributed by atoms with van der Waals surface area (Å²) >= 11 is 0. The van der Waals surface area contributed by atoms with Crippen LogP contribution in [0.5, 0.6) is 0 Å². The number of hydrogen-bond acceptors (Lipinski definition) is 5. The van der Waals surface area contributed by atoms with Crippen molar-refractivity contribution in [2.24, 2.45) is 5.92 Å². The van der Waals surface area contributed by atoms with Gasteiger partial charge in [0.15, 0.2) is 0 Å². The fourth-order valence-corrected chi connectivity index (χ4v) is 3.16. The molecule has 0 bridgehead atoms. The number of methoxy groups -OCH3 is 1. The van der Waals surface area contributed by atoms with E-state index >= 15 is 0 Å². The number of urea groups is 1. The summed E-state index contributed by atoms with van der Waals surface area (Å²) in [6.07, 6.45) is 3.29. The van der Waals surface area contributed by atoms with Crippen LogP contribution in [-0.4, -0.2) is 34.6 Å². The van der Waals surface area contributed by atoms with Crippen molar-refractivity contribution in [2.75, 3.05) is 19.0 Å². The third-order valence-electron chi connectivity index (χ3n) is 4.47. The van der Waals surface area contributed by atoms with E-state index in [1.807, 2.05) is 24.0 Å². The van der Waals surface area contributed by atoms with E-state index in [-0.39, 0.29) is 12.1 Å². The van der Waals surface area contributed by atoms with Gasteiger partial charge in [-0.2, -0.15) is 0 Å². The molecule has 2 atom stereocenters. The number of piperidine rings is 1. The molecule has 0 aliphatic carbocycles. The van der Waals surface area contributed by atoms with E-state index < -0.39 is 0 Å². The number of aromatic nitrogens is 2. The molecule has 1 saturated heterocycles. The Bertz CT molecular complexity index is 731. The molecule has 1 N–H and O–H groups in total. The number of nitrogens with one attached hydrogen (secondary N) is 1. The maximum Gasteiger partial charge on any atom is 0.323 e. The van der Waals surface area contributed by atoms with Gasteiger partial charge in [-0.25, -0.2) is 14.8 Å². The number of rotatable bonds is 4. The number of hydrogen-bond donors (Lipinski definition) is 1. The summed E-state index contributed by atoms with van der Waals surface area (Å²) in [6, 6.07) is 5.39. The van der Waals surface area contributed by atoms with Crippen molar-refractivity contribution in [3.05, 3.63) is 41.7 Å². The van der Waals surface area contributed by atoms with Gasteiger partial charge in [0.25, 0.3) is 0 Å². The molecule has 0 saturated carbocycles. The molecule has 1 aliphatic rings. The Morgan fingerprint density at radius 3 is 3.00 bits per heavy atom. The molecule has 2 aromatic heterocycles. The number of furan rings is 1. The Hall–Kier alpha value is -2.41. The highest BCUT2D eigenvalue weighted by Crippen LogP contribution is 2.35. The third-order valence-corrected chi connectivity index (χ3v) is 4.47. The molecule has 0 unspecified atom stereocenters. The number of carbonyl (C=O) groups excluding carboxylic acids is 1. The van der Waals surface area contributed by atoms with Crippen molar-refractivity contribution in [1.82, 2.24) is 14.9 Å². The summed E-state index contributed by atoms with van der Waals surface area (Å²) in [7, 11) is 1.60. The minimum Gasteiger partial charge on any atom is -0.464 e. The highest BCUT2D eigenvalue weighted by molar-refractivity contribution is 5.88. The largest absolute Gasteiger partial charge is 0.464 e. The molecule has 0 spiro atoms. The van der Waals surface area contributed by atoms with Gasteiger partial charge in [-0.05, 0) is 37.8 Å². The maximum atomic E-state index is 12.8. The summed E-state index contributed by atoms with van der Waals surface area (Å²) in [5.74, 6) is 2.71. The zero-order chi connectivity index (χ0) is 17.8.